The second kappa shape index (κ2) is 5.61. The fourth-order valence-corrected chi connectivity index (χ4v) is 2.43. The molecule has 0 aliphatic carbocycles. The summed E-state index contributed by atoms with van der Waals surface area (Å²) in [4.78, 5) is 20.4. The zero-order valence-corrected chi connectivity index (χ0v) is 12.7. The standard InChI is InChI=1S/C14H15N3O3S/c1-9-8-10(2)16-13(15-9)14(18)17-11-4-6-12(7-5-11)21(3,19)20/h4-8H,1-3H3,(H,17,18). The second-order valence-corrected chi connectivity index (χ2v) is 6.74. The summed E-state index contributed by atoms with van der Waals surface area (Å²) in [5.41, 5.74) is 1.90. The Morgan fingerprint density at radius 1 is 1.05 bits per heavy atom. The van der Waals surface area contributed by atoms with E-state index in [1.807, 2.05) is 0 Å². The molecule has 0 fully saturated rings. The van der Waals surface area contributed by atoms with E-state index in [-0.39, 0.29) is 10.7 Å². The van der Waals surface area contributed by atoms with E-state index in [4.69, 9.17) is 0 Å². The average molecular weight is 305 g/mol. The van der Waals surface area contributed by atoms with E-state index in [0.717, 1.165) is 6.26 Å². The fraction of sp³-hybridized carbons (Fsp3) is 0.214. The molecule has 0 saturated carbocycles. The van der Waals surface area contributed by atoms with Crippen LogP contribution in [0.25, 0.3) is 0 Å². The molecule has 1 N–H and O–H groups in total. The summed E-state index contributed by atoms with van der Waals surface area (Å²) in [6.07, 6.45) is 1.13. The number of hydrogen-bond acceptors (Lipinski definition) is 5. The number of nitrogens with zero attached hydrogens (tertiary/aromatic N) is 2. The van der Waals surface area contributed by atoms with Gasteiger partial charge in [0.2, 0.25) is 5.82 Å². The van der Waals surface area contributed by atoms with Crippen molar-refractivity contribution < 1.29 is 13.2 Å². The van der Waals surface area contributed by atoms with Gasteiger partial charge in [0, 0.05) is 23.3 Å². The first-order valence-electron chi connectivity index (χ1n) is 6.19. The van der Waals surface area contributed by atoms with E-state index in [1.54, 1.807) is 19.9 Å². The van der Waals surface area contributed by atoms with Crippen molar-refractivity contribution in [2.24, 2.45) is 0 Å². The van der Waals surface area contributed by atoms with Crippen molar-refractivity contribution in [2.75, 3.05) is 11.6 Å². The molecule has 6 nitrogen and oxygen atoms in total. The monoisotopic (exact) mass is 305 g/mol. The Balaban J connectivity index is 2.20. The molecule has 110 valence electrons. The third kappa shape index (κ3) is 3.85. The molecule has 1 aromatic heterocycles. The maximum atomic E-state index is 12.0. The van der Waals surface area contributed by atoms with E-state index in [9.17, 15) is 13.2 Å². The number of aromatic nitrogens is 2. The lowest BCUT2D eigenvalue weighted by Crippen LogP contribution is -2.16. The Hall–Kier alpha value is -2.28. The lowest BCUT2D eigenvalue weighted by molar-refractivity contribution is 0.101. The zero-order chi connectivity index (χ0) is 15.6. The highest BCUT2D eigenvalue weighted by Gasteiger charge is 2.12. The number of amides is 1. The summed E-state index contributed by atoms with van der Waals surface area (Å²) in [5.74, 6) is -0.353. The van der Waals surface area contributed by atoms with Crippen molar-refractivity contribution >= 4 is 21.4 Å². The van der Waals surface area contributed by atoms with Gasteiger partial charge in [0.25, 0.3) is 5.91 Å². The molecule has 1 amide bonds. The first kappa shape index (κ1) is 15.1. The fourth-order valence-electron chi connectivity index (χ4n) is 1.80. The van der Waals surface area contributed by atoms with Crippen LogP contribution in [-0.4, -0.2) is 30.5 Å². The lowest BCUT2D eigenvalue weighted by atomic mass is 10.3. The first-order valence-corrected chi connectivity index (χ1v) is 8.08. The van der Waals surface area contributed by atoms with Gasteiger partial charge in [-0.05, 0) is 44.2 Å². The number of carbonyl (C=O) groups excluding carboxylic acids is 1. The van der Waals surface area contributed by atoms with Gasteiger partial charge in [-0.15, -0.1) is 0 Å². The Labute approximate surface area is 123 Å². The van der Waals surface area contributed by atoms with Gasteiger partial charge in [-0.2, -0.15) is 0 Å². The van der Waals surface area contributed by atoms with Crippen molar-refractivity contribution in [3.8, 4) is 0 Å². The van der Waals surface area contributed by atoms with Crippen molar-refractivity contribution in [1.29, 1.82) is 0 Å². The topological polar surface area (TPSA) is 89.0 Å². The molecule has 0 atom stereocenters. The molecule has 0 radical (unpaired) electrons. The predicted octanol–water partition coefficient (Wildman–Crippen LogP) is 1.75. The second-order valence-electron chi connectivity index (χ2n) is 4.72. The largest absolute Gasteiger partial charge is 0.319 e. The minimum atomic E-state index is -3.25. The molecule has 0 saturated heterocycles. The Kier molecular flexibility index (Phi) is 4.04. The summed E-state index contributed by atoms with van der Waals surface area (Å²) >= 11 is 0. The molecule has 0 bridgehead atoms. The Bertz CT molecular complexity index is 763. The van der Waals surface area contributed by atoms with Gasteiger partial charge in [0.1, 0.15) is 0 Å². The van der Waals surface area contributed by atoms with Crippen LogP contribution < -0.4 is 5.32 Å². The van der Waals surface area contributed by atoms with Crippen LogP contribution in [0.4, 0.5) is 5.69 Å². The van der Waals surface area contributed by atoms with Crippen molar-refractivity contribution in [3.63, 3.8) is 0 Å². The van der Waals surface area contributed by atoms with Crippen LogP contribution in [0.3, 0.4) is 0 Å². The van der Waals surface area contributed by atoms with E-state index in [2.05, 4.69) is 15.3 Å². The van der Waals surface area contributed by atoms with Gasteiger partial charge in [-0.3, -0.25) is 4.79 Å². The number of sulfone groups is 1. The summed E-state index contributed by atoms with van der Waals surface area (Å²) < 4.78 is 22.7. The third-order valence-electron chi connectivity index (χ3n) is 2.73. The minimum absolute atomic E-state index is 0.0830. The van der Waals surface area contributed by atoms with Crippen LogP contribution in [-0.2, 0) is 9.84 Å². The van der Waals surface area contributed by atoms with E-state index < -0.39 is 15.7 Å². The van der Waals surface area contributed by atoms with Gasteiger partial charge in [0.05, 0.1) is 4.90 Å². The number of carbonyl (C=O) groups is 1. The van der Waals surface area contributed by atoms with Gasteiger partial charge >= 0.3 is 0 Å². The summed E-state index contributed by atoms with van der Waals surface area (Å²) in [5, 5.41) is 2.63. The van der Waals surface area contributed by atoms with Gasteiger partial charge in [-0.25, -0.2) is 18.4 Å². The van der Waals surface area contributed by atoms with Crippen molar-refractivity contribution in [2.45, 2.75) is 18.7 Å². The van der Waals surface area contributed by atoms with Crippen LogP contribution in [0, 0.1) is 13.8 Å². The molecule has 0 aliphatic heterocycles. The van der Waals surface area contributed by atoms with Gasteiger partial charge < -0.3 is 5.32 Å². The Morgan fingerprint density at radius 3 is 2.05 bits per heavy atom. The van der Waals surface area contributed by atoms with Gasteiger partial charge in [-0.1, -0.05) is 0 Å². The smallest absolute Gasteiger partial charge is 0.293 e. The molecular formula is C14H15N3O3S. The minimum Gasteiger partial charge on any atom is -0.319 e. The van der Waals surface area contributed by atoms with E-state index in [1.165, 1.54) is 24.3 Å². The molecule has 0 aliphatic rings. The molecular weight excluding hydrogens is 290 g/mol. The highest BCUT2D eigenvalue weighted by molar-refractivity contribution is 7.90. The lowest BCUT2D eigenvalue weighted by Gasteiger charge is -2.06. The maximum Gasteiger partial charge on any atom is 0.293 e. The molecule has 1 aromatic carbocycles. The molecule has 1 heterocycles. The molecule has 2 rings (SSSR count). The first-order chi connectivity index (χ1) is 9.75. The number of nitrogens with one attached hydrogen (secondary N) is 1. The predicted molar refractivity (Wildman–Crippen MR) is 79.0 cm³/mol. The molecule has 2 aromatic rings. The number of hydrogen-bond donors (Lipinski definition) is 1. The summed E-state index contributed by atoms with van der Waals surface area (Å²) in [7, 11) is -3.25. The number of aryl methyl sites for hydroxylation is 2. The van der Waals surface area contributed by atoms with Crippen molar-refractivity contribution in [1.82, 2.24) is 9.97 Å². The van der Waals surface area contributed by atoms with Crippen LogP contribution >= 0.6 is 0 Å². The number of benzene rings is 1. The quantitative estimate of drug-likeness (QED) is 0.933. The zero-order valence-electron chi connectivity index (χ0n) is 11.9. The molecule has 0 unspecified atom stereocenters. The van der Waals surface area contributed by atoms with E-state index in [0.29, 0.717) is 17.1 Å². The molecule has 7 heteroatoms. The molecule has 21 heavy (non-hydrogen) atoms. The Morgan fingerprint density at radius 2 is 1.57 bits per heavy atom. The average Bonchev–Trinajstić information content (AvgIpc) is 2.37. The summed E-state index contributed by atoms with van der Waals surface area (Å²) in [6, 6.07) is 7.70. The third-order valence-corrected chi connectivity index (χ3v) is 3.85. The number of rotatable bonds is 3. The highest BCUT2D eigenvalue weighted by atomic mass is 32.2. The SMILES string of the molecule is Cc1cc(C)nc(C(=O)Nc2ccc(S(C)(=O)=O)cc2)n1. The van der Waals surface area contributed by atoms with Gasteiger partial charge in [0.15, 0.2) is 9.84 Å². The molecule has 0 spiro atoms. The van der Waals surface area contributed by atoms with Crippen LogP contribution in [0.2, 0.25) is 0 Å². The van der Waals surface area contributed by atoms with Crippen LogP contribution in [0.1, 0.15) is 22.0 Å². The normalized spacial score (nSPS) is 11.2. The van der Waals surface area contributed by atoms with Crippen LogP contribution in [0.5, 0.6) is 0 Å². The number of anilines is 1. The maximum absolute atomic E-state index is 12.0. The summed E-state index contributed by atoms with van der Waals surface area (Å²) in [6.45, 7) is 3.57. The van der Waals surface area contributed by atoms with Crippen molar-refractivity contribution in [3.05, 3.63) is 47.5 Å². The van der Waals surface area contributed by atoms with E-state index >= 15 is 0 Å². The van der Waals surface area contributed by atoms with Crippen LogP contribution in [0.15, 0.2) is 35.2 Å². The highest BCUT2D eigenvalue weighted by Crippen LogP contribution is 2.14.